The fraction of sp³-hybridized carbons (Fsp3) is 0.400. The van der Waals surface area contributed by atoms with E-state index in [0.717, 1.165) is 5.56 Å². The van der Waals surface area contributed by atoms with E-state index in [0.29, 0.717) is 29.4 Å². The Morgan fingerprint density at radius 3 is 2.50 bits per heavy atom. The first-order valence-corrected chi connectivity index (χ1v) is 8.50. The summed E-state index contributed by atoms with van der Waals surface area (Å²) in [5, 5.41) is 4.26. The van der Waals surface area contributed by atoms with Gasteiger partial charge in [0, 0.05) is 6.54 Å². The summed E-state index contributed by atoms with van der Waals surface area (Å²) in [7, 11) is -2.22. The maximum atomic E-state index is 12.7. The van der Waals surface area contributed by atoms with Crippen LogP contribution in [0.2, 0.25) is 0 Å². The van der Waals surface area contributed by atoms with E-state index in [9.17, 15) is 8.42 Å². The molecule has 1 aromatic heterocycles. The van der Waals surface area contributed by atoms with Gasteiger partial charge >= 0.3 is 0 Å². The average molecular weight is 323 g/mol. The molecule has 0 fully saturated rings. The van der Waals surface area contributed by atoms with Crippen molar-refractivity contribution in [1.29, 1.82) is 0 Å². The van der Waals surface area contributed by atoms with Gasteiger partial charge < -0.3 is 4.74 Å². The second kappa shape index (κ2) is 6.00. The summed E-state index contributed by atoms with van der Waals surface area (Å²) in [4.78, 5) is 0.220. The number of nitrogens with zero attached hydrogens (tertiary/aromatic N) is 2. The molecule has 0 saturated heterocycles. The van der Waals surface area contributed by atoms with Crippen LogP contribution in [0.3, 0.4) is 0 Å². The number of benzene rings is 1. The Morgan fingerprint density at radius 1 is 1.27 bits per heavy atom. The first-order chi connectivity index (χ1) is 10.3. The van der Waals surface area contributed by atoms with Crippen LogP contribution in [-0.4, -0.2) is 25.3 Å². The Hall–Kier alpha value is -2.02. The molecule has 7 heteroatoms. The van der Waals surface area contributed by atoms with Gasteiger partial charge in [-0.1, -0.05) is 6.07 Å². The average Bonchev–Trinajstić information content (AvgIpc) is 2.73. The highest BCUT2D eigenvalue weighted by Gasteiger charge is 2.25. The lowest BCUT2D eigenvalue weighted by atomic mass is 10.2. The Morgan fingerprint density at radius 2 is 1.95 bits per heavy atom. The third-order valence-electron chi connectivity index (χ3n) is 3.48. The van der Waals surface area contributed by atoms with Crippen molar-refractivity contribution in [2.24, 2.45) is 0 Å². The van der Waals surface area contributed by atoms with Gasteiger partial charge in [0.1, 0.15) is 10.6 Å². The molecule has 0 bridgehead atoms. The number of aryl methyl sites for hydroxylation is 3. The molecule has 0 aliphatic carbocycles. The first kappa shape index (κ1) is 16.4. The van der Waals surface area contributed by atoms with Crippen molar-refractivity contribution in [3.63, 3.8) is 0 Å². The van der Waals surface area contributed by atoms with Crippen molar-refractivity contribution in [1.82, 2.24) is 9.78 Å². The highest BCUT2D eigenvalue weighted by Crippen LogP contribution is 2.29. The van der Waals surface area contributed by atoms with E-state index in [2.05, 4.69) is 9.82 Å². The van der Waals surface area contributed by atoms with Crippen molar-refractivity contribution in [2.45, 2.75) is 39.1 Å². The topological polar surface area (TPSA) is 73.2 Å². The van der Waals surface area contributed by atoms with Crippen LogP contribution in [0, 0.1) is 20.8 Å². The van der Waals surface area contributed by atoms with Gasteiger partial charge in [-0.05, 0) is 45.4 Å². The van der Waals surface area contributed by atoms with Crippen LogP contribution in [0.4, 0.5) is 5.69 Å². The van der Waals surface area contributed by atoms with E-state index < -0.39 is 10.0 Å². The van der Waals surface area contributed by atoms with Crippen molar-refractivity contribution in [3.8, 4) is 5.75 Å². The van der Waals surface area contributed by atoms with E-state index in [1.54, 1.807) is 30.7 Å². The Bertz CT molecular complexity index is 795. The minimum atomic E-state index is -3.73. The highest BCUT2D eigenvalue weighted by atomic mass is 32.2. The molecule has 0 atom stereocenters. The van der Waals surface area contributed by atoms with Crippen LogP contribution in [0.5, 0.6) is 5.75 Å². The third-order valence-corrected chi connectivity index (χ3v) is 5.10. The molecule has 120 valence electrons. The fourth-order valence-corrected chi connectivity index (χ4v) is 3.95. The summed E-state index contributed by atoms with van der Waals surface area (Å²) >= 11 is 0. The molecule has 1 N–H and O–H groups in total. The molecule has 0 aliphatic heterocycles. The molecule has 0 spiro atoms. The molecule has 0 aliphatic rings. The van der Waals surface area contributed by atoms with E-state index >= 15 is 0 Å². The van der Waals surface area contributed by atoms with E-state index in [-0.39, 0.29) is 4.90 Å². The number of hydrogen-bond acceptors (Lipinski definition) is 4. The molecule has 2 aromatic rings. The number of anilines is 1. The second-order valence-electron chi connectivity index (χ2n) is 5.12. The van der Waals surface area contributed by atoms with Crippen LogP contribution in [-0.2, 0) is 16.6 Å². The molecule has 0 saturated carbocycles. The van der Waals surface area contributed by atoms with Crippen molar-refractivity contribution >= 4 is 15.7 Å². The summed E-state index contributed by atoms with van der Waals surface area (Å²) in [6.45, 7) is 7.89. The maximum absolute atomic E-state index is 12.7. The molecule has 6 nitrogen and oxygen atoms in total. The standard InChI is InChI=1S/C15H21N3O3S/c1-6-18-12(4)15(11(3)16-18)22(19,20)17-13-9-10(2)7-8-14(13)21-5/h7-9,17H,6H2,1-5H3. The number of hydrogen-bond donors (Lipinski definition) is 1. The van der Waals surface area contributed by atoms with Gasteiger partial charge in [0.25, 0.3) is 10.0 Å². The summed E-state index contributed by atoms with van der Waals surface area (Å²) in [6.07, 6.45) is 0. The molecule has 0 amide bonds. The zero-order chi connectivity index (χ0) is 16.5. The maximum Gasteiger partial charge on any atom is 0.265 e. The highest BCUT2D eigenvalue weighted by molar-refractivity contribution is 7.92. The predicted octanol–water partition coefficient (Wildman–Crippen LogP) is 2.64. The minimum absolute atomic E-state index is 0.220. The summed E-state index contributed by atoms with van der Waals surface area (Å²) in [5.41, 5.74) is 2.47. The quantitative estimate of drug-likeness (QED) is 0.918. The Balaban J connectivity index is 2.49. The fourth-order valence-electron chi connectivity index (χ4n) is 2.47. The Labute approximate surface area is 131 Å². The predicted molar refractivity (Wildman–Crippen MR) is 85.9 cm³/mol. The minimum Gasteiger partial charge on any atom is -0.495 e. The molecule has 2 rings (SSSR count). The van der Waals surface area contributed by atoms with Gasteiger partial charge in [0.15, 0.2) is 0 Å². The van der Waals surface area contributed by atoms with Gasteiger partial charge in [0.05, 0.1) is 24.2 Å². The lowest BCUT2D eigenvalue weighted by Gasteiger charge is -2.13. The van der Waals surface area contributed by atoms with E-state index in [1.807, 2.05) is 19.9 Å². The third kappa shape index (κ3) is 2.94. The van der Waals surface area contributed by atoms with Crippen LogP contribution >= 0.6 is 0 Å². The monoisotopic (exact) mass is 323 g/mol. The SMILES string of the molecule is CCn1nc(C)c(S(=O)(=O)Nc2cc(C)ccc2OC)c1C. The van der Waals surface area contributed by atoms with Gasteiger partial charge in [-0.2, -0.15) is 5.10 Å². The van der Waals surface area contributed by atoms with Gasteiger partial charge in [-0.3, -0.25) is 9.40 Å². The zero-order valence-corrected chi connectivity index (χ0v) is 14.3. The Kier molecular flexibility index (Phi) is 4.46. The molecule has 0 unspecified atom stereocenters. The van der Waals surface area contributed by atoms with Crippen LogP contribution in [0.1, 0.15) is 23.9 Å². The summed E-state index contributed by atoms with van der Waals surface area (Å²) < 4.78 is 35.0. The van der Waals surface area contributed by atoms with Crippen LogP contribution in [0.15, 0.2) is 23.1 Å². The number of rotatable bonds is 5. The lowest BCUT2D eigenvalue weighted by Crippen LogP contribution is -2.15. The molecule has 22 heavy (non-hydrogen) atoms. The van der Waals surface area contributed by atoms with Crippen LogP contribution in [0.25, 0.3) is 0 Å². The van der Waals surface area contributed by atoms with Crippen molar-refractivity contribution in [3.05, 3.63) is 35.2 Å². The van der Waals surface area contributed by atoms with E-state index in [4.69, 9.17) is 4.74 Å². The molecule has 0 radical (unpaired) electrons. The van der Waals surface area contributed by atoms with Crippen molar-refractivity contribution < 1.29 is 13.2 Å². The molecule has 1 aromatic carbocycles. The molecule has 1 heterocycles. The number of methoxy groups -OCH3 is 1. The number of aromatic nitrogens is 2. The van der Waals surface area contributed by atoms with Crippen molar-refractivity contribution in [2.75, 3.05) is 11.8 Å². The van der Waals surface area contributed by atoms with E-state index in [1.165, 1.54) is 7.11 Å². The van der Waals surface area contributed by atoms with Crippen LogP contribution < -0.4 is 9.46 Å². The lowest BCUT2D eigenvalue weighted by molar-refractivity contribution is 0.417. The largest absolute Gasteiger partial charge is 0.495 e. The smallest absolute Gasteiger partial charge is 0.265 e. The summed E-state index contributed by atoms with van der Waals surface area (Å²) in [5.74, 6) is 0.479. The summed E-state index contributed by atoms with van der Waals surface area (Å²) in [6, 6.07) is 5.34. The number of ether oxygens (including phenoxy) is 1. The zero-order valence-electron chi connectivity index (χ0n) is 13.5. The van der Waals surface area contributed by atoms with Gasteiger partial charge in [-0.25, -0.2) is 8.42 Å². The van der Waals surface area contributed by atoms with Gasteiger partial charge in [0.2, 0.25) is 0 Å². The normalized spacial score (nSPS) is 11.5. The number of sulfonamides is 1. The molecular formula is C15H21N3O3S. The first-order valence-electron chi connectivity index (χ1n) is 7.01. The second-order valence-corrected chi connectivity index (χ2v) is 6.74. The molecular weight excluding hydrogens is 302 g/mol. The number of nitrogens with one attached hydrogen (secondary N) is 1. The van der Waals surface area contributed by atoms with Gasteiger partial charge in [-0.15, -0.1) is 0 Å².